The molecule has 2 aromatic carbocycles. The number of benzene rings is 2. The highest BCUT2D eigenvalue weighted by molar-refractivity contribution is 5.89. The average Bonchev–Trinajstić information content (AvgIpc) is 2.61. The highest BCUT2D eigenvalue weighted by Crippen LogP contribution is 2.29. The Morgan fingerprint density at radius 2 is 1.75 bits per heavy atom. The highest BCUT2D eigenvalue weighted by atomic mass is 16.5. The minimum absolute atomic E-state index is 0.273. The maximum absolute atomic E-state index is 12.0. The number of carbonyl (C=O) groups excluding carboxylic acids is 1. The number of amides is 2. The summed E-state index contributed by atoms with van der Waals surface area (Å²) >= 11 is 0. The zero-order valence-corrected chi connectivity index (χ0v) is 14.1. The van der Waals surface area contributed by atoms with Crippen molar-refractivity contribution in [2.45, 2.75) is 6.42 Å². The summed E-state index contributed by atoms with van der Waals surface area (Å²) in [4.78, 5) is 12.0. The number of urea groups is 1. The summed E-state index contributed by atoms with van der Waals surface area (Å²) in [5.74, 6) is 1.98. The molecule has 128 valence electrons. The lowest BCUT2D eigenvalue weighted by Crippen LogP contribution is -2.30. The maximum Gasteiger partial charge on any atom is 0.319 e. The van der Waals surface area contributed by atoms with Crippen LogP contribution in [0.3, 0.4) is 0 Å². The molecule has 0 saturated heterocycles. The van der Waals surface area contributed by atoms with E-state index in [2.05, 4.69) is 10.6 Å². The third-order valence-corrected chi connectivity index (χ3v) is 3.47. The number of hydrogen-bond acceptors (Lipinski definition) is 4. The van der Waals surface area contributed by atoms with Gasteiger partial charge in [-0.05, 0) is 36.2 Å². The van der Waals surface area contributed by atoms with Crippen molar-refractivity contribution in [2.75, 3.05) is 33.2 Å². The van der Waals surface area contributed by atoms with Gasteiger partial charge in [-0.2, -0.15) is 0 Å². The van der Waals surface area contributed by atoms with Gasteiger partial charge in [0.05, 0.1) is 21.3 Å². The van der Waals surface area contributed by atoms with Crippen LogP contribution in [0.25, 0.3) is 0 Å². The number of carbonyl (C=O) groups is 1. The standard InChI is InChI=1S/C18H22N2O4/c1-22-15-6-4-5-13(11-15)9-10-19-18(21)20-14-7-8-16(23-2)17(12-14)24-3/h4-8,11-12H,9-10H2,1-3H3,(H2,19,20,21). The van der Waals surface area contributed by atoms with Gasteiger partial charge in [-0.1, -0.05) is 12.1 Å². The van der Waals surface area contributed by atoms with Crippen LogP contribution >= 0.6 is 0 Å². The minimum Gasteiger partial charge on any atom is -0.497 e. The first kappa shape index (κ1) is 17.5. The molecule has 6 nitrogen and oxygen atoms in total. The normalized spacial score (nSPS) is 9.96. The van der Waals surface area contributed by atoms with E-state index in [1.165, 1.54) is 0 Å². The topological polar surface area (TPSA) is 68.8 Å². The second-order valence-electron chi connectivity index (χ2n) is 5.05. The van der Waals surface area contributed by atoms with Gasteiger partial charge in [0.25, 0.3) is 0 Å². The Bertz CT molecular complexity index is 688. The van der Waals surface area contributed by atoms with Crippen molar-refractivity contribution >= 4 is 11.7 Å². The van der Waals surface area contributed by atoms with Crippen molar-refractivity contribution in [2.24, 2.45) is 0 Å². The third kappa shape index (κ3) is 4.81. The Morgan fingerprint density at radius 1 is 0.958 bits per heavy atom. The summed E-state index contributed by atoms with van der Waals surface area (Å²) in [7, 11) is 4.75. The van der Waals surface area contributed by atoms with Gasteiger partial charge in [0.2, 0.25) is 0 Å². The number of anilines is 1. The molecule has 2 rings (SSSR count). The molecule has 2 aromatic rings. The molecule has 0 unspecified atom stereocenters. The van der Waals surface area contributed by atoms with Crippen LogP contribution in [0.15, 0.2) is 42.5 Å². The molecule has 2 amide bonds. The quantitative estimate of drug-likeness (QED) is 0.818. The second kappa shape index (κ2) is 8.67. The van der Waals surface area contributed by atoms with Crippen LogP contribution < -0.4 is 24.8 Å². The Morgan fingerprint density at radius 3 is 2.46 bits per heavy atom. The van der Waals surface area contributed by atoms with Crippen LogP contribution in [-0.2, 0) is 6.42 Å². The van der Waals surface area contributed by atoms with Crippen molar-refractivity contribution in [3.8, 4) is 17.2 Å². The smallest absolute Gasteiger partial charge is 0.319 e. The van der Waals surface area contributed by atoms with Crippen LogP contribution in [0.2, 0.25) is 0 Å². The van der Waals surface area contributed by atoms with Gasteiger partial charge < -0.3 is 24.8 Å². The SMILES string of the molecule is COc1cccc(CCNC(=O)Nc2ccc(OC)c(OC)c2)c1. The molecule has 2 N–H and O–H groups in total. The molecule has 0 spiro atoms. The van der Waals surface area contributed by atoms with E-state index in [-0.39, 0.29) is 6.03 Å². The molecular formula is C18H22N2O4. The van der Waals surface area contributed by atoms with Gasteiger partial charge in [0, 0.05) is 18.3 Å². The lowest BCUT2D eigenvalue weighted by molar-refractivity contribution is 0.252. The predicted octanol–water partition coefficient (Wildman–Crippen LogP) is 3.08. The zero-order chi connectivity index (χ0) is 17.4. The van der Waals surface area contributed by atoms with Crippen molar-refractivity contribution < 1.29 is 19.0 Å². The van der Waals surface area contributed by atoms with Gasteiger partial charge in [-0.25, -0.2) is 4.79 Å². The van der Waals surface area contributed by atoms with Gasteiger partial charge >= 0.3 is 6.03 Å². The molecular weight excluding hydrogens is 308 g/mol. The summed E-state index contributed by atoms with van der Waals surface area (Å²) in [6.07, 6.45) is 0.719. The number of ether oxygens (including phenoxy) is 3. The molecule has 0 aliphatic carbocycles. The molecule has 0 atom stereocenters. The summed E-state index contributed by atoms with van der Waals surface area (Å²) in [5, 5.41) is 5.59. The second-order valence-corrected chi connectivity index (χ2v) is 5.05. The van der Waals surface area contributed by atoms with Crippen molar-refractivity contribution in [3.05, 3.63) is 48.0 Å². The van der Waals surface area contributed by atoms with E-state index in [4.69, 9.17) is 14.2 Å². The predicted molar refractivity (Wildman–Crippen MR) is 93.3 cm³/mol. The van der Waals surface area contributed by atoms with E-state index >= 15 is 0 Å². The van der Waals surface area contributed by atoms with Gasteiger partial charge in [0.1, 0.15) is 5.75 Å². The molecule has 0 fully saturated rings. The van der Waals surface area contributed by atoms with Crippen LogP contribution in [0.1, 0.15) is 5.56 Å². The summed E-state index contributed by atoms with van der Waals surface area (Å²) in [6, 6.07) is 12.7. The van der Waals surface area contributed by atoms with E-state index in [0.29, 0.717) is 23.7 Å². The van der Waals surface area contributed by atoms with Crippen molar-refractivity contribution in [3.63, 3.8) is 0 Å². The fourth-order valence-electron chi connectivity index (χ4n) is 2.24. The molecule has 0 heterocycles. The van der Waals surface area contributed by atoms with Crippen LogP contribution in [0, 0.1) is 0 Å². The number of methoxy groups -OCH3 is 3. The average molecular weight is 330 g/mol. The van der Waals surface area contributed by atoms with Crippen LogP contribution in [-0.4, -0.2) is 33.9 Å². The lowest BCUT2D eigenvalue weighted by atomic mass is 10.1. The largest absolute Gasteiger partial charge is 0.497 e. The molecule has 24 heavy (non-hydrogen) atoms. The summed E-state index contributed by atoms with van der Waals surface area (Å²) in [6.45, 7) is 0.520. The zero-order valence-electron chi connectivity index (χ0n) is 14.1. The first-order valence-corrected chi connectivity index (χ1v) is 7.56. The highest BCUT2D eigenvalue weighted by Gasteiger charge is 2.07. The van der Waals surface area contributed by atoms with E-state index < -0.39 is 0 Å². The monoisotopic (exact) mass is 330 g/mol. The van der Waals surface area contributed by atoms with Crippen molar-refractivity contribution in [1.82, 2.24) is 5.32 Å². The summed E-state index contributed by atoms with van der Waals surface area (Å²) in [5.41, 5.74) is 1.73. The fourth-order valence-corrected chi connectivity index (χ4v) is 2.24. The molecule has 0 aliphatic rings. The van der Waals surface area contributed by atoms with Crippen LogP contribution in [0.5, 0.6) is 17.2 Å². The van der Waals surface area contributed by atoms with E-state index in [0.717, 1.165) is 17.7 Å². The first-order chi connectivity index (χ1) is 11.7. The van der Waals surface area contributed by atoms with E-state index in [9.17, 15) is 4.79 Å². The number of hydrogen-bond donors (Lipinski definition) is 2. The Hall–Kier alpha value is -2.89. The Labute approximate surface area is 141 Å². The number of nitrogens with one attached hydrogen (secondary N) is 2. The third-order valence-electron chi connectivity index (χ3n) is 3.47. The molecule has 0 radical (unpaired) electrons. The molecule has 6 heteroatoms. The van der Waals surface area contributed by atoms with Gasteiger partial charge in [-0.3, -0.25) is 0 Å². The maximum atomic E-state index is 12.0. The van der Waals surface area contributed by atoms with E-state index in [1.807, 2.05) is 24.3 Å². The molecule has 0 saturated carbocycles. The summed E-state index contributed by atoms with van der Waals surface area (Å²) < 4.78 is 15.6. The molecule has 0 aromatic heterocycles. The number of rotatable bonds is 7. The van der Waals surface area contributed by atoms with Gasteiger partial charge in [-0.15, -0.1) is 0 Å². The Balaban J connectivity index is 1.85. The minimum atomic E-state index is -0.273. The van der Waals surface area contributed by atoms with Crippen molar-refractivity contribution in [1.29, 1.82) is 0 Å². The Kier molecular flexibility index (Phi) is 6.31. The molecule has 0 bridgehead atoms. The fraction of sp³-hybridized carbons (Fsp3) is 0.278. The lowest BCUT2D eigenvalue weighted by Gasteiger charge is -2.11. The van der Waals surface area contributed by atoms with Gasteiger partial charge in [0.15, 0.2) is 11.5 Å². The van der Waals surface area contributed by atoms with E-state index in [1.54, 1.807) is 39.5 Å². The molecule has 0 aliphatic heterocycles. The van der Waals surface area contributed by atoms with Crippen LogP contribution in [0.4, 0.5) is 10.5 Å². The first-order valence-electron chi connectivity index (χ1n) is 7.56.